The Bertz CT molecular complexity index is 884. The Morgan fingerprint density at radius 2 is 1.96 bits per heavy atom. The van der Waals surface area contributed by atoms with E-state index in [1.165, 1.54) is 4.90 Å². The van der Waals surface area contributed by atoms with Crippen molar-refractivity contribution in [2.45, 2.75) is 6.54 Å². The Labute approximate surface area is 154 Å². The molecule has 2 aromatic carbocycles. The van der Waals surface area contributed by atoms with Crippen molar-refractivity contribution in [3.05, 3.63) is 53.1 Å². The number of halogens is 1. The van der Waals surface area contributed by atoms with Crippen LogP contribution in [0.1, 0.15) is 5.56 Å². The second-order valence-corrected chi connectivity index (χ2v) is 6.06. The molecule has 134 valence electrons. The monoisotopic (exact) mass is 373 g/mol. The van der Waals surface area contributed by atoms with Gasteiger partial charge in [0.1, 0.15) is 5.75 Å². The lowest BCUT2D eigenvalue weighted by Crippen LogP contribution is -2.36. The number of likely N-dealkylation sites (N-methyl/N-ethyl adjacent to an activating group) is 1. The molecule has 0 aliphatic carbocycles. The predicted octanol–water partition coefficient (Wildman–Crippen LogP) is 1.95. The molecule has 3 amide bonds. The SMILES string of the molecule is CN1C(=O)COc2ccc(NC(=O)C(=O)NCc3ccccc3Cl)cc21. The van der Waals surface area contributed by atoms with Gasteiger partial charge in [0.2, 0.25) is 0 Å². The van der Waals surface area contributed by atoms with Crippen LogP contribution in [0, 0.1) is 0 Å². The highest BCUT2D eigenvalue weighted by atomic mass is 35.5. The molecule has 0 unspecified atom stereocenters. The number of nitrogens with zero attached hydrogens (tertiary/aromatic N) is 1. The molecule has 1 aliphatic heterocycles. The lowest BCUT2D eigenvalue weighted by Gasteiger charge is -2.26. The number of nitrogens with one attached hydrogen (secondary N) is 2. The fourth-order valence-electron chi connectivity index (χ4n) is 2.44. The molecule has 1 aliphatic rings. The minimum atomic E-state index is -0.817. The molecule has 7 nitrogen and oxygen atoms in total. The molecule has 0 saturated heterocycles. The van der Waals surface area contributed by atoms with Gasteiger partial charge < -0.3 is 20.3 Å². The average molecular weight is 374 g/mol. The van der Waals surface area contributed by atoms with Crippen LogP contribution in [0.4, 0.5) is 11.4 Å². The van der Waals surface area contributed by atoms with Gasteiger partial charge in [-0.05, 0) is 29.8 Å². The van der Waals surface area contributed by atoms with Gasteiger partial charge >= 0.3 is 11.8 Å². The minimum Gasteiger partial charge on any atom is -0.482 e. The number of rotatable bonds is 3. The summed E-state index contributed by atoms with van der Waals surface area (Å²) in [4.78, 5) is 37.2. The predicted molar refractivity (Wildman–Crippen MR) is 97.3 cm³/mol. The van der Waals surface area contributed by atoms with Crippen LogP contribution in [-0.4, -0.2) is 31.4 Å². The fourth-order valence-corrected chi connectivity index (χ4v) is 2.64. The Morgan fingerprint density at radius 1 is 1.19 bits per heavy atom. The smallest absolute Gasteiger partial charge is 0.313 e. The van der Waals surface area contributed by atoms with E-state index in [1.807, 2.05) is 0 Å². The lowest BCUT2D eigenvalue weighted by atomic mass is 10.2. The van der Waals surface area contributed by atoms with E-state index >= 15 is 0 Å². The van der Waals surface area contributed by atoms with E-state index in [2.05, 4.69) is 10.6 Å². The molecule has 2 N–H and O–H groups in total. The Hall–Kier alpha value is -3.06. The molecule has 0 bridgehead atoms. The van der Waals surface area contributed by atoms with Gasteiger partial charge in [-0.25, -0.2) is 0 Å². The molecule has 2 aromatic rings. The van der Waals surface area contributed by atoms with Crippen LogP contribution in [0.15, 0.2) is 42.5 Å². The lowest BCUT2D eigenvalue weighted by molar-refractivity contribution is -0.136. The summed E-state index contributed by atoms with van der Waals surface area (Å²) in [6.45, 7) is 0.112. The van der Waals surface area contributed by atoms with Crippen LogP contribution < -0.4 is 20.3 Å². The van der Waals surface area contributed by atoms with Gasteiger partial charge in [0.05, 0.1) is 5.69 Å². The number of hydrogen-bond donors (Lipinski definition) is 2. The molecule has 1 heterocycles. The highest BCUT2D eigenvalue weighted by Gasteiger charge is 2.23. The number of anilines is 2. The van der Waals surface area contributed by atoms with Crippen LogP contribution in [0.3, 0.4) is 0 Å². The summed E-state index contributed by atoms with van der Waals surface area (Å²) in [5, 5.41) is 5.52. The number of carbonyl (C=O) groups is 3. The van der Waals surface area contributed by atoms with Gasteiger partial charge in [0, 0.05) is 24.3 Å². The number of hydrogen-bond acceptors (Lipinski definition) is 4. The molecule has 0 aromatic heterocycles. The number of fused-ring (bicyclic) bond motifs is 1. The Kier molecular flexibility index (Phi) is 5.09. The second-order valence-electron chi connectivity index (χ2n) is 5.65. The number of benzene rings is 2. The van der Waals surface area contributed by atoms with Crippen molar-refractivity contribution in [3.63, 3.8) is 0 Å². The van der Waals surface area contributed by atoms with E-state index in [4.69, 9.17) is 16.3 Å². The molecule has 26 heavy (non-hydrogen) atoms. The van der Waals surface area contributed by atoms with Gasteiger partial charge in [-0.15, -0.1) is 0 Å². The van der Waals surface area contributed by atoms with Crippen LogP contribution in [0.5, 0.6) is 5.75 Å². The van der Waals surface area contributed by atoms with E-state index in [-0.39, 0.29) is 19.1 Å². The summed E-state index contributed by atoms with van der Waals surface area (Å²) < 4.78 is 5.32. The first kappa shape index (κ1) is 17.8. The average Bonchev–Trinajstić information content (AvgIpc) is 2.64. The molecule has 8 heteroatoms. The normalized spacial score (nSPS) is 12.8. The summed E-state index contributed by atoms with van der Waals surface area (Å²) >= 11 is 6.01. The van der Waals surface area contributed by atoms with Crippen LogP contribution >= 0.6 is 11.6 Å². The van der Waals surface area contributed by atoms with E-state index in [9.17, 15) is 14.4 Å². The molecule has 0 atom stereocenters. The van der Waals surface area contributed by atoms with E-state index in [1.54, 1.807) is 49.5 Å². The first-order valence-corrected chi connectivity index (χ1v) is 8.19. The Morgan fingerprint density at radius 3 is 2.73 bits per heavy atom. The first-order chi connectivity index (χ1) is 12.5. The molecular weight excluding hydrogens is 358 g/mol. The molecular formula is C18H16ClN3O4. The van der Waals surface area contributed by atoms with Gasteiger partial charge in [-0.3, -0.25) is 14.4 Å². The van der Waals surface area contributed by atoms with Gasteiger partial charge in [-0.2, -0.15) is 0 Å². The second kappa shape index (κ2) is 7.45. The van der Waals surface area contributed by atoms with Gasteiger partial charge in [-0.1, -0.05) is 29.8 Å². The number of amides is 3. The summed E-state index contributed by atoms with van der Waals surface area (Å²) in [5.41, 5.74) is 1.61. The third-order valence-corrected chi connectivity index (χ3v) is 4.28. The summed E-state index contributed by atoms with van der Waals surface area (Å²) in [6, 6.07) is 11.8. The minimum absolute atomic E-state index is 0.0281. The van der Waals surface area contributed by atoms with Crippen molar-refractivity contribution >= 4 is 40.7 Å². The molecule has 0 radical (unpaired) electrons. The number of ether oxygens (including phenoxy) is 1. The van der Waals surface area contributed by atoms with E-state index in [0.29, 0.717) is 27.7 Å². The summed E-state index contributed by atoms with van der Waals surface area (Å²) in [5.74, 6) is -1.27. The molecule has 0 saturated carbocycles. The van der Waals surface area contributed by atoms with Crippen LogP contribution in [0.2, 0.25) is 5.02 Å². The largest absolute Gasteiger partial charge is 0.482 e. The topological polar surface area (TPSA) is 87.7 Å². The third kappa shape index (κ3) is 3.78. The Balaban J connectivity index is 1.63. The highest BCUT2D eigenvalue weighted by molar-refractivity contribution is 6.39. The van der Waals surface area contributed by atoms with Gasteiger partial charge in [0.15, 0.2) is 6.61 Å². The number of carbonyl (C=O) groups excluding carboxylic acids is 3. The van der Waals surface area contributed by atoms with Crippen LogP contribution in [-0.2, 0) is 20.9 Å². The maximum Gasteiger partial charge on any atom is 0.313 e. The fraction of sp³-hybridized carbons (Fsp3) is 0.167. The van der Waals surface area contributed by atoms with Crippen molar-refractivity contribution < 1.29 is 19.1 Å². The first-order valence-electron chi connectivity index (χ1n) is 7.81. The van der Waals surface area contributed by atoms with Gasteiger partial charge in [0.25, 0.3) is 5.91 Å². The molecule has 3 rings (SSSR count). The third-order valence-electron chi connectivity index (χ3n) is 3.91. The maximum atomic E-state index is 12.1. The highest BCUT2D eigenvalue weighted by Crippen LogP contribution is 2.33. The zero-order valence-electron chi connectivity index (χ0n) is 13.9. The maximum absolute atomic E-state index is 12.1. The standard InChI is InChI=1S/C18H16ClN3O4/c1-22-14-8-12(6-7-15(14)26-10-16(22)23)21-18(25)17(24)20-9-11-4-2-3-5-13(11)19/h2-8H,9-10H2,1H3,(H,20,24)(H,21,25). The quantitative estimate of drug-likeness (QED) is 0.805. The van der Waals surface area contributed by atoms with Crippen molar-refractivity contribution in [2.75, 3.05) is 23.9 Å². The zero-order chi connectivity index (χ0) is 18.7. The molecule has 0 fully saturated rings. The summed E-state index contributed by atoms with van der Waals surface area (Å²) in [6.07, 6.45) is 0. The summed E-state index contributed by atoms with van der Waals surface area (Å²) in [7, 11) is 1.62. The zero-order valence-corrected chi connectivity index (χ0v) is 14.7. The van der Waals surface area contributed by atoms with E-state index in [0.717, 1.165) is 0 Å². The molecule has 0 spiro atoms. The van der Waals surface area contributed by atoms with Crippen molar-refractivity contribution in [1.29, 1.82) is 0 Å². The van der Waals surface area contributed by atoms with Crippen molar-refractivity contribution in [2.24, 2.45) is 0 Å². The van der Waals surface area contributed by atoms with Crippen LogP contribution in [0.25, 0.3) is 0 Å². The van der Waals surface area contributed by atoms with Crippen molar-refractivity contribution in [1.82, 2.24) is 5.32 Å². The van der Waals surface area contributed by atoms with Crippen molar-refractivity contribution in [3.8, 4) is 5.75 Å². The van der Waals surface area contributed by atoms with E-state index < -0.39 is 11.8 Å².